The molecular weight excluding hydrogens is 348 g/mol. The molecule has 140 valence electrons. The third kappa shape index (κ3) is 5.85. The quantitative estimate of drug-likeness (QED) is 0.240. The maximum atomic E-state index is 11.2. The molecule has 0 spiro atoms. The van der Waals surface area contributed by atoms with Crippen LogP contribution in [-0.2, 0) is 19.7 Å². The molecule has 0 atom stereocenters. The molecule has 0 unspecified atom stereocenters. The van der Waals surface area contributed by atoms with Crippen LogP contribution in [0.3, 0.4) is 0 Å². The molecule has 0 N–H and O–H groups in total. The van der Waals surface area contributed by atoms with Crippen molar-refractivity contribution in [3.63, 3.8) is 0 Å². The Hall–Kier alpha value is -1.88. The van der Waals surface area contributed by atoms with Crippen LogP contribution < -0.4 is 0 Å². The van der Waals surface area contributed by atoms with E-state index in [1.54, 1.807) is 13.8 Å². The molecule has 1 aromatic carbocycles. The summed E-state index contributed by atoms with van der Waals surface area (Å²) in [4.78, 5) is 20.3. The molecule has 0 aliphatic carbocycles. The smallest absolute Gasteiger partial charge is 0.374 e. The SMILES string of the molecule is CCO[Si](CCCc1ccccc1)(OCC)OC(C)([N+](=O)[O-])[N+](=O)[O-]. The third-order valence-electron chi connectivity index (χ3n) is 3.55. The minimum Gasteiger partial charge on any atom is -0.374 e. The van der Waals surface area contributed by atoms with E-state index < -0.39 is 24.5 Å². The van der Waals surface area contributed by atoms with Gasteiger partial charge >= 0.3 is 14.7 Å². The molecular formula is C15H24N2O7Si. The summed E-state index contributed by atoms with van der Waals surface area (Å²) in [7, 11) is -3.59. The first-order chi connectivity index (χ1) is 11.8. The van der Waals surface area contributed by atoms with E-state index in [0.29, 0.717) is 12.8 Å². The fourth-order valence-electron chi connectivity index (χ4n) is 2.33. The molecule has 0 aliphatic rings. The van der Waals surface area contributed by atoms with E-state index in [1.165, 1.54) is 0 Å². The number of nitrogens with zero attached hydrogens (tertiary/aromatic N) is 2. The van der Waals surface area contributed by atoms with Crippen molar-refractivity contribution in [1.82, 2.24) is 0 Å². The van der Waals surface area contributed by atoms with Crippen molar-refractivity contribution in [2.45, 2.75) is 45.5 Å². The average molecular weight is 372 g/mol. The van der Waals surface area contributed by atoms with Crippen LogP contribution in [0.2, 0.25) is 6.04 Å². The van der Waals surface area contributed by atoms with Gasteiger partial charge in [0.1, 0.15) is 16.8 Å². The normalized spacial score (nSPS) is 12.1. The Kier molecular flexibility index (Phi) is 8.09. The number of rotatable bonds is 12. The van der Waals surface area contributed by atoms with Gasteiger partial charge in [-0.25, -0.2) is 4.43 Å². The second-order valence-electron chi connectivity index (χ2n) is 5.44. The van der Waals surface area contributed by atoms with Crippen LogP contribution in [0.4, 0.5) is 0 Å². The molecule has 1 aromatic rings. The Bertz CT molecular complexity index is 550. The molecule has 0 fully saturated rings. The van der Waals surface area contributed by atoms with E-state index in [2.05, 4.69) is 0 Å². The molecule has 10 heteroatoms. The van der Waals surface area contributed by atoms with E-state index in [1.807, 2.05) is 30.3 Å². The van der Waals surface area contributed by atoms with Crippen molar-refractivity contribution in [3.05, 3.63) is 56.1 Å². The predicted octanol–water partition coefficient (Wildman–Crippen LogP) is 2.87. The Labute approximate surface area is 147 Å². The minimum absolute atomic E-state index is 0.184. The summed E-state index contributed by atoms with van der Waals surface area (Å²) in [5, 5.41) is 22.4. The average Bonchev–Trinajstić information content (AvgIpc) is 2.56. The van der Waals surface area contributed by atoms with Crippen LogP contribution >= 0.6 is 0 Å². The van der Waals surface area contributed by atoms with Gasteiger partial charge in [0.25, 0.3) is 0 Å². The van der Waals surface area contributed by atoms with Crippen molar-refractivity contribution < 1.29 is 23.1 Å². The molecule has 0 bridgehead atoms. The van der Waals surface area contributed by atoms with Crippen LogP contribution in [0.15, 0.2) is 30.3 Å². The van der Waals surface area contributed by atoms with Crippen molar-refractivity contribution in [2.24, 2.45) is 0 Å². The minimum atomic E-state index is -3.59. The van der Waals surface area contributed by atoms with Crippen LogP contribution in [0.1, 0.15) is 32.8 Å². The van der Waals surface area contributed by atoms with E-state index in [-0.39, 0.29) is 19.3 Å². The maximum absolute atomic E-state index is 11.2. The van der Waals surface area contributed by atoms with Crippen LogP contribution in [0, 0.1) is 20.2 Å². The summed E-state index contributed by atoms with van der Waals surface area (Å²) in [5.74, 6) is -2.80. The molecule has 0 saturated carbocycles. The van der Waals surface area contributed by atoms with Gasteiger partial charge in [-0.3, -0.25) is 20.2 Å². The Morgan fingerprint density at radius 1 is 1.04 bits per heavy atom. The summed E-state index contributed by atoms with van der Waals surface area (Å²) in [6.45, 7) is 4.56. The molecule has 0 saturated heterocycles. The molecule has 1 rings (SSSR count). The van der Waals surface area contributed by atoms with Gasteiger partial charge < -0.3 is 8.85 Å². The van der Waals surface area contributed by atoms with Gasteiger partial charge in [-0.15, -0.1) is 0 Å². The third-order valence-corrected chi connectivity index (χ3v) is 6.67. The van der Waals surface area contributed by atoms with Crippen molar-refractivity contribution in [3.8, 4) is 0 Å². The van der Waals surface area contributed by atoms with Crippen molar-refractivity contribution in [2.75, 3.05) is 13.2 Å². The van der Waals surface area contributed by atoms with E-state index in [0.717, 1.165) is 12.5 Å². The van der Waals surface area contributed by atoms with Crippen molar-refractivity contribution >= 4 is 8.80 Å². The Morgan fingerprint density at radius 2 is 1.56 bits per heavy atom. The Morgan fingerprint density at radius 3 is 2.00 bits per heavy atom. The van der Waals surface area contributed by atoms with E-state index >= 15 is 0 Å². The Balaban J connectivity index is 2.95. The van der Waals surface area contributed by atoms with Gasteiger partial charge in [0.05, 0.1) is 0 Å². The molecule has 9 nitrogen and oxygen atoms in total. The number of nitro groups is 2. The second-order valence-corrected chi connectivity index (χ2v) is 8.09. The summed E-state index contributed by atoms with van der Waals surface area (Å²) in [6.07, 6.45) is 1.26. The lowest BCUT2D eigenvalue weighted by molar-refractivity contribution is -0.838. The number of aryl methyl sites for hydroxylation is 1. The van der Waals surface area contributed by atoms with E-state index in [4.69, 9.17) is 13.3 Å². The first kappa shape index (κ1) is 21.2. The molecule has 0 radical (unpaired) electrons. The predicted molar refractivity (Wildman–Crippen MR) is 92.1 cm³/mol. The lowest BCUT2D eigenvalue weighted by Crippen LogP contribution is -2.58. The van der Waals surface area contributed by atoms with Gasteiger partial charge in [-0.2, -0.15) is 0 Å². The lowest BCUT2D eigenvalue weighted by Gasteiger charge is -2.30. The van der Waals surface area contributed by atoms with Gasteiger partial charge in [0.15, 0.2) is 0 Å². The highest BCUT2D eigenvalue weighted by molar-refractivity contribution is 6.60. The van der Waals surface area contributed by atoms with Crippen LogP contribution in [0.5, 0.6) is 0 Å². The zero-order valence-corrected chi connectivity index (χ0v) is 15.7. The summed E-state index contributed by atoms with van der Waals surface area (Å²) < 4.78 is 16.5. The van der Waals surface area contributed by atoms with Crippen LogP contribution in [0.25, 0.3) is 0 Å². The highest BCUT2D eigenvalue weighted by Gasteiger charge is 2.61. The monoisotopic (exact) mass is 372 g/mol. The molecule has 0 aromatic heterocycles. The fraction of sp³-hybridized carbons (Fsp3) is 0.600. The van der Waals surface area contributed by atoms with Gasteiger partial charge in [0, 0.05) is 19.3 Å². The van der Waals surface area contributed by atoms with Gasteiger partial charge in [0.2, 0.25) is 0 Å². The largest absolute Gasteiger partial charge is 0.570 e. The topological polar surface area (TPSA) is 114 Å². The van der Waals surface area contributed by atoms with E-state index in [9.17, 15) is 20.2 Å². The standard InChI is InChI=1S/C15H24N2O7Si/c1-4-22-25(23-5-2,24-15(3,16(18)19)17(20)21)13-9-12-14-10-7-6-8-11-14/h6-8,10-11H,4-5,9,12-13H2,1-3H3. The molecule has 25 heavy (non-hydrogen) atoms. The first-order valence-electron chi connectivity index (χ1n) is 8.10. The second kappa shape index (κ2) is 9.56. The lowest BCUT2D eigenvalue weighted by atomic mass is 10.1. The number of benzene rings is 1. The zero-order valence-electron chi connectivity index (χ0n) is 14.7. The number of hydrogen-bond acceptors (Lipinski definition) is 7. The summed E-state index contributed by atoms with van der Waals surface area (Å²) >= 11 is 0. The van der Waals surface area contributed by atoms with Crippen LogP contribution in [-0.4, -0.2) is 37.7 Å². The van der Waals surface area contributed by atoms with Gasteiger partial charge in [-0.1, -0.05) is 30.3 Å². The fourth-order valence-corrected chi connectivity index (χ4v) is 5.14. The molecule has 0 aliphatic heterocycles. The van der Waals surface area contributed by atoms with Gasteiger partial charge in [-0.05, 0) is 32.3 Å². The van der Waals surface area contributed by atoms with Crippen molar-refractivity contribution in [1.29, 1.82) is 0 Å². The summed E-state index contributed by atoms with van der Waals surface area (Å²) in [5.41, 5.74) is 1.09. The number of hydrogen-bond donors (Lipinski definition) is 0. The highest BCUT2D eigenvalue weighted by Crippen LogP contribution is 2.27. The molecule has 0 heterocycles. The molecule has 0 amide bonds. The maximum Gasteiger partial charge on any atom is 0.570 e. The zero-order chi connectivity index (χ0) is 18.9. The first-order valence-corrected chi connectivity index (χ1v) is 10.0. The summed E-state index contributed by atoms with van der Waals surface area (Å²) in [6, 6.07) is 9.91. The highest BCUT2D eigenvalue weighted by atomic mass is 28.4.